The molecular weight excluding hydrogens is 365 g/mol. The quantitative estimate of drug-likeness (QED) is 0.451. The highest BCUT2D eigenvalue weighted by molar-refractivity contribution is 5.96. The van der Waals surface area contributed by atoms with Gasteiger partial charge in [0.2, 0.25) is 0 Å². The van der Waals surface area contributed by atoms with Gasteiger partial charge in [-0.2, -0.15) is 0 Å². The number of hydrogen-bond acceptors (Lipinski definition) is 4. The average molecular weight is 381 g/mol. The van der Waals surface area contributed by atoms with E-state index in [2.05, 4.69) is 20.5 Å². The van der Waals surface area contributed by atoms with Crippen molar-refractivity contribution < 1.29 is 4.39 Å². The first-order valence-electron chi connectivity index (χ1n) is 9.25. The zero-order chi connectivity index (χ0) is 19.6. The molecule has 6 heteroatoms. The molecule has 0 aliphatic heterocycles. The van der Waals surface area contributed by atoms with Crippen LogP contribution in [0.25, 0.3) is 33.5 Å². The number of benzene rings is 3. The van der Waals surface area contributed by atoms with E-state index in [1.54, 1.807) is 16.8 Å². The Morgan fingerprint density at radius 2 is 1.24 bits per heavy atom. The summed E-state index contributed by atoms with van der Waals surface area (Å²) in [6.07, 6.45) is 0. The van der Waals surface area contributed by atoms with E-state index in [4.69, 9.17) is 0 Å². The number of fused-ring (bicyclic) bond motifs is 1. The van der Waals surface area contributed by atoms with Crippen molar-refractivity contribution in [3.63, 3.8) is 0 Å². The lowest BCUT2D eigenvalue weighted by Crippen LogP contribution is -2.04. The highest BCUT2D eigenvalue weighted by Gasteiger charge is 2.19. The van der Waals surface area contributed by atoms with Gasteiger partial charge in [0.25, 0.3) is 0 Å². The van der Waals surface area contributed by atoms with E-state index in [0.29, 0.717) is 23.4 Å². The van der Waals surface area contributed by atoms with Crippen LogP contribution in [0.3, 0.4) is 0 Å². The van der Waals surface area contributed by atoms with Crippen molar-refractivity contribution in [2.45, 2.75) is 6.54 Å². The fourth-order valence-corrected chi connectivity index (χ4v) is 3.36. The highest BCUT2D eigenvalue weighted by Crippen LogP contribution is 2.31. The first-order valence-corrected chi connectivity index (χ1v) is 9.25. The minimum Gasteiger partial charge on any atom is -0.238 e. The summed E-state index contributed by atoms with van der Waals surface area (Å²) >= 11 is 0. The predicted molar refractivity (Wildman–Crippen MR) is 109 cm³/mol. The second-order valence-corrected chi connectivity index (χ2v) is 6.70. The van der Waals surface area contributed by atoms with E-state index in [1.165, 1.54) is 12.1 Å². The monoisotopic (exact) mass is 381 g/mol. The van der Waals surface area contributed by atoms with Crippen LogP contribution in [-0.2, 0) is 6.54 Å². The number of rotatable bonds is 4. The van der Waals surface area contributed by atoms with Crippen molar-refractivity contribution in [1.29, 1.82) is 0 Å². The van der Waals surface area contributed by atoms with Crippen LogP contribution in [0.1, 0.15) is 5.56 Å². The summed E-state index contributed by atoms with van der Waals surface area (Å²) in [7, 11) is 0. The summed E-state index contributed by atoms with van der Waals surface area (Å²) in [4.78, 5) is 0. The fraction of sp³-hybridized carbons (Fsp3) is 0.0435. The van der Waals surface area contributed by atoms with Crippen LogP contribution in [0.5, 0.6) is 0 Å². The zero-order valence-corrected chi connectivity index (χ0v) is 15.4. The number of hydrogen-bond donors (Lipinski definition) is 0. The lowest BCUT2D eigenvalue weighted by Gasteiger charge is -2.08. The van der Waals surface area contributed by atoms with E-state index < -0.39 is 0 Å². The standard InChI is InChI=1S/C23H16FN5/c24-19-13-11-16(12-14-19)15-29-23-21(18-9-5-2-6-10-18)26-25-20(22(23)27-28-29)17-7-3-1-4-8-17/h1-14H,15H2. The molecule has 0 N–H and O–H groups in total. The minimum atomic E-state index is -0.264. The Labute approximate surface area is 166 Å². The third-order valence-corrected chi connectivity index (χ3v) is 4.77. The third kappa shape index (κ3) is 3.25. The van der Waals surface area contributed by atoms with Crippen LogP contribution in [-0.4, -0.2) is 25.2 Å². The second-order valence-electron chi connectivity index (χ2n) is 6.70. The molecule has 0 bridgehead atoms. The van der Waals surface area contributed by atoms with E-state index in [0.717, 1.165) is 22.2 Å². The van der Waals surface area contributed by atoms with Gasteiger partial charge in [-0.05, 0) is 17.7 Å². The van der Waals surface area contributed by atoms with Crippen molar-refractivity contribution in [3.05, 3.63) is 96.3 Å². The Morgan fingerprint density at radius 1 is 0.655 bits per heavy atom. The molecule has 5 rings (SSSR count). The lowest BCUT2D eigenvalue weighted by molar-refractivity contribution is 0.624. The summed E-state index contributed by atoms with van der Waals surface area (Å²) < 4.78 is 15.1. The van der Waals surface area contributed by atoms with Gasteiger partial charge in [-0.3, -0.25) is 0 Å². The summed E-state index contributed by atoms with van der Waals surface area (Å²) in [5.41, 5.74) is 5.68. The molecule has 2 aromatic heterocycles. The minimum absolute atomic E-state index is 0.264. The van der Waals surface area contributed by atoms with E-state index in [1.807, 2.05) is 60.7 Å². The molecule has 0 spiro atoms. The van der Waals surface area contributed by atoms with Crippen molar-refractivity contribution in [2.24, 2.45) is 0 Å². The van der Waals surface area contributed by atoms with Crippen LogP contribution in [0.15, 0.2) is 84.9 Å². The maximum Gasteiger partial charge on any atom is 0.143 e. The highest BCUT2D eigenvalue weighted by atomic mass is 19.1. The van der Waals surface area contributed by atoms with Gasteiger partial charge in [0, 0.05) is 11.1 Å². The Hall–Kier alpha value is -3.93. The van der Waals surface area contributed by atoms with Gasteiger partial charge < -0.3 is 0 Å². The summed E-state index contributed by atoms with van der Waals surface area (Å²) in [5, 5.41) is 17.8. The SMILES string of the molecule is Fc1ccc(Cn2nnc3c(-c4ccccc4)nnc(-c4ccccc4)c32)cc1. The topological polar surface area (TPSA) is 56.5 Å². The summed E-state index contributed by atoms with van der Waals surface area (Å²) in [6.45, 7) is 0.455. The molecule has 0 unspecified atom stereocenters. The molecule has 0 aliphatic carbocycles. The molecule has 29 heavy (non-hydrogen) atoms. The Kier molecular flexibility index (Phi) is 4.29. The van der Waals surface area contributed by atoms with Crippen molar-refractivity contribution in [3.8, 4) is 22.5 Å². The predicted octanol–water partition coefficient (Wildman–Crippen LogP) is 4.74. The molecule has 5 nitrogen and oxygen atoms in total. The van der Waals surface area contributed by atoms with Crippen LogP contribution in [0.2, 0.25) is 0 Å². The molecular formula is C23H16FN5. The lowest BCUT2D eigenvalue weighted by atomic mass is 10.1. The molecule has 5 aromatic rings. The second kappa shape index (κ2) is 7.24. The molecule has 0 atom stereocenters. The maximum absolute atomic E-state index is 13.3. The van der Waals surface area contributed by atoms with Gasteiger partial charge in [0.1, 0.15) is 28.2 Å². The zero-order valence-electron chi connectivity index (χ0n) is 15.4. The van der Waals surface area contributed by atoms with Gasteiger partial charge >= 0.3 is 0 Å². The van der Waals surface area contributed by atoms with Crippen LogP contribution in [0.4, 0.5) is 4.39 Å². The summed E-state index contributed by atoms with van der Waals surface area (Å²) in [5.74, 6) is -0.264. The molecule has 0 aliphatic rings. The van der Waals surface area contributed by atoms with Gasteiger partial charge in [-0.25, -0.2) is 9.07 Å². The van der Waals surface area contributed by atoms with Gasteiger partial charge in [0.05, 0.1) is 6.54 Å². The molecule has 0 amide bonds. The van der Waals surface area contributed by atoms with Crippen molar-refractivity contribution in [2.75, 3.05) is 0 Å². The number of nitrogens with zero attached hydrogens (tertiary/aromatic N) is 5. The first-order chi connectivity index (χ1) is 14.3. The Bertz CT molecular complexity index is 1270. The van der Waals surface area contributed by atoms with E-state index >= 15 is 0 Å². The molecule has 3 aromatic carbocycles. The normalized spacial score (nSPS) is 11.1. The third-order valence-electron chi connectivity index (χ3n) is 4.77. The molecule has 140 valence electrons. The van der Waals surface area contributed by atoms with Gasteiger partial charge in [0.15, 0.2) is 0 Å². The van der Waals surface area contributed by atoms with Crippen LogP contribution >= 0.6 is 0 Å². The van der Waals surface area contributed by atoms with Crippen molar-refractivity contribution in [1.82, 2.24) is 25.2 Å². The fourth-order valence-electron chi connectivity index (χ4n) is 3.36. The number of aromatic nitrogens is 5. The molecule has 0 fully saturated rings. The van der Waals surface area contributed by atoms with Crippen LogP contribution in [0, 0.1) is 5.82 Å². The van der Waals surface area contributed by atoms with Crippen LogP contribution < -0.4 is 0 Å². The van der Waals surface area contributed by atoms with E-state index in [-0.39, 0.29) is 5.82 Å². The van der Waals surface area contributed by atoms with E-state index in [9.17, 15) is 4.39 Å². The smallest absolute Gasteiger partial charge is 0.143 e. The summed E-state index contributed by atoms with van der Waals surface area (Å²) in [6, 6.07) is 26.1. The molecule has 2 heterocycles. The Morgan fingerprint density at radius 3 is 1.90 bits per heavy atom. The molecule has 0 saturated heterocycles. The maximum atomic E-state index is 13.3. The van der Waals surface area contributed by atoms with Crippen molar-refractivity contribution >= 4 is 11.0 Å². The Balaban J connectivity index is 1.72. The average Bonchev–Trinajstić information content (AvgIpc) is 3.20. The van der Waals surface area contributed by atoms with Gasteiger partial charge in [-0.1, -0.05) is 78.0 Å². The molecule has 0 radical (unpaired) electrons. The van der Waals surface area contributed by atoms with Gasteiger partial charge in [-0.15, -0.1) is 15.3 Å². The first kappa shape index (κ1) is 17.2. The largest absolute Gasteiger partial charge is 0.238 e. The molecule has 0 saturated carbocycles. The number of halogens is 1.